The maximum absolute atomic E-state index is 12.2. The van der Waals surface area contributed by atoms with E-state index in [2.05, 4.69) is 6.58 Å². The van der Waals surface area contributed by atoms with E-state index in [4.69, 9.17) is 0 Å². The summed E-state index contributed by atoms with van der Waals surface area (Å²) in [5, 5.41) is 0. The Morgan fingerprint density at radius 2 is 2.05 bits per heavy atom. The summed E-state index contributed by atoms with van der Waals surface area (Å²) in [4.78, 5) is 12.2. The Morgan fingerprint density at radius 3 is 2.74 bits per heavy atom. The van der Waals surface area contributed by atoms with Gasteiger partial charge in [0.25, 0.3) is 0 Å². The van der Waals surface area contributed by atoms with Crippen molar-refractivity contribution in [2.75, 3.05) is 5.75 Å². The highest BCUT2D eigenvalue weighted by atomic mass is 32.2. The molecule has 104 valence electrons. The molecule has 0 heterocycles. The summed E-state index contributed by atoms with van der Waals surface area (Å²) in [5.41, 5.74) is 1.65. The highest BCUT2D eigenvalue weighted by molar-refractivity contribution is 7.84. The molecule has 0 aliphatic rings. The molecule has 1 atom stereocenters. The van der Waals surface area contributed by atoms with Crippen LogP contribution >= 0.6 is 0 Å². The average molecular weight is 278 g/mol. The predicted octanol–water partition coefficient (Wildman–Crippen LogP) is 3.88. The van der Waals surface area contributed by atoms with E-state index in [1.807, 2.05) is 37.3 Å². The molecule has 0 N–H and O–H groups in total. The average Bonchev–Trinajstić information content (AvgIpc) is 2.43. The number of hydrogen-bond donors (Lipinski definition) is 0. The SMILES string of the molecule is C=CCCCCC(=O)c1ccccc1CS(=O)CC. The Morgan fingerprint density at radius 1 is 1.32 bits per heavy atom. The van der Waals surface area contributed by atoms with Crippen molar-refractivity contribution in [2.24, 2.45) is 0 Å². The topological polar surface area (TPSA) is 34.1 Å². The van der Waals surface area contributed by atoms with E-state index in [0.29, 0.717) is 17.9 Å². The number of carbonyl (C=O) groups excluding carboxylic acids is 1. The van der Waals surface area contributed by atoms with Crippen molar-refractivity contribution in [3.63, 3.8) is 0 Å². The van der Waals surface area contributed by atoms with Gasteiger partial charge in [0.2, 0.25) is 0 Å². The van der Waals surface area contributed by atoms with Crippen LogP contribution in [0.15, 0.2) is 36.9 Å². The molecule has 0 aliphatic heterocycles. The molecule has 0 saturated heterocycles. The minimum atomic E-state index is -0.879. The van der Waals surface area contributed by atoms with Gasteiger partial charge < -0.3 is 0 Å². The lowest BCUT2D eigenvalue weighted by atomic mass is 10.0. The third-order valence-corrected chi connectivity index (χ3v) is 4.30. The zero-order valence-electron chi connectivity index (χ0n) is 11.6. The number of benzene rings is 1. The summed E-state index contributed by atoms with van der Waals surface area (Å²) in [6, 6.07) is 7.52. The van der Waals surface area contributed by atoms with Crippen LogP contribution in [0.3, 0.4) is 0 Å². The van der Waals surface area contributed by atoms with E-state index in [9.17, 15) is 9.00 Å². The molecule has 0 spiro atoms. The van der Waals surface area contributed by atoms with E-state index < -0.39 is 10.8 Å². The molecular weight excluding hydrogens is 256 g/mol. The number of ketones is 1. The zero-order valence-corrected chi connectivity index (χ0v) is 12.4. The number of Topliss-reactive ketones (excluding diaryl/α,β-unsaturated/α-hetero) is 1. The molecule has 0 saturated carbocycles. The van der Waals surface area contributed by atoms with Gasteiger partial charge in [0, 0.05) is 34.3 Å². The Labute approximate surface area is 118 Å². The van der Waals surface area contributed by atoms with Crippen molar-refractivity contribution in [3.05, 3.63) is 48.0 Å². The molecule has 2 nitrogen and oxygen atoms in total. The van der Waals surface area contributed by atoms with Crippen LogP contribution in [0.25, 0.3) is 0 Å². The zero-order chi connectivity index (χ0) is 14.1. The van der Waals surface area contributed by atoms with Crippen LogP contribution in [0.5, 0.6) is 0 Å². The van der Waals surface area contributed by atoms with Crippen molar-refractivity contribution in [1.82, 2.24) is 0 Å². The molecule has 0 fully saturated rings. The molecule has 0 aromatic heterocycles. The first-order chi connectivity index (χ1) is 9.19. The fourth-order valence-corrected chi connectivity index (χ4v) is 2.71. The van der Waals surface area contributed by atoms with E-state index in [1.165, 1.54) is 0 Å². The normalized spacial score (nSPS) is 12.1. The van der Waals surface area contributed by atoms with Crippen LogP contribution in [-0.4, -0.2) is 15.7 Å². The molecule has 1 unspecified atom stereocenters. The smallest absolute Gasteiger partial charge is 0.163 e. The lowest BCUT2D eigenvalue weighted by molar-refractivity contribution is 0.0979. The van der Waals surface area contributed by atoms with Gasteiger partial charge in [-0.25, -0.2) is 0 Å². The largest absolute Gasteiger partial charge is 0.294 e. The molecule has 1 rings (SSSR count). The van der Waals surface area contributed by atoms with Gasteiger partial charge in [0.15, 0.2) is 5.78 Å². The van der Waals surface area contributed by atoms with Crippen molar-refractivity contribution in [2.45, 2.75) is 38.4 Å². The number of allylic oxidation sites excluding steroid dienone is 1. The Bertz CT molecular complexity index is 452. The van der Waals surface area contributed by atoms with Crippen molar-refractivity contribution in [3.8, 4) is 0 Å². The minimum absolute atomic E-state index is 0.160. The van der Waals surface area contributed by atoms with Crippen molar-refractivity contribution < 1.29 is 9.00 Å². The quantitative estimate of drug-likeness (QED) is 0.390. The predicted molar refractivity (Wildman–Crippen MR) is 81.8 cm³/mol. The molecule has 1 aromatic carbocycles. The Balaban J connectivity index is 2.67. The van der Waals surface area contributed by atoms with Crippen LogP contribution in [0.1, 0.15) is 48.5 Å². The van der Waals surface area contributed by atoms with E-state index in [-0.39, 0.29) is 5.78 Å². The fourth-order valence-electron chi connectivity index (χ4n) is 1.90. The van der Waals surface area contributed by atoms with Crippen molar-refractivity contribution >= 4 is 16.6 Å². The molecule has 0 amide bonds. The molecule has 0 aliphatic carbocycles. The van der Waals surface area contributed by atoms with Gasteiger partial charge in [0.1, 0.15) is 0 Å². The maximum Gasteiger partial charge on any atom is 0.163 e. The van der Waals surface area contributed by atoms with Gasteiger partial charge in [-0.05, 0) is 24.8 Å². The monoisotopic (exact) mass is 278 g/mol. The summed E-state index contributed by atoms with van der Waals surface area (Å²) in [6.45, 7) is 5.57. The number of unbranched alkanes of at least 4 members (excludes halogenated alkanes) is 2. The van der Waals surface area contributed by atoms with Crippen LogP contribution in [0, 0.1) is 0 Å². The van der Waals surface area contributed by atoms with E-state index in [0.717, 1.165) is 30.4 Å². The van der Waals surface area contributed by atoms with Gasteiger partial charge in [0.05, 0.1) is 0 Å². The molecule has 1 aromatic rings. The lowest BCUT2D eigenvalue weighted by Gasteiger charge is -2.08. The molecular formula is C16H22O2S. The van der Waals surface area contributed by atoms with Crippen LogP contribution < -0.4 is 0 Å². The second-order valence-corrected chi connectivity index (χ2v) is 6.23. The first kappa shape index (κ1) is 15.8. The van der Waals surface area contributed by atoms with Gasteiger partial charge in [-0.1, -0.05) is 37.3 Å². The lowest BCUT2D eigenvalue weighted by Crippen LogP contribution is -2.07. The van der Waals surface area contributed by atoms with E-state index >= 15 is 0 Å². The highest BCUT2D eigenvalue weighted by Gasteiger charge is 2.11. The highest BCUT2D eigenvalue weighted by Crippen LogP contribution is 2.15. The third-order valence-electron chi connectivity index (χ3n) is 3.02. The van der Waals surface area contributed by atoms with Gasteiger partial charge in [-0.2, -0.15) is 0 Å². The van der Waals surface area contributed by atoms with Crippen LogP contribution in [0.4, 0.5) is 0 Å². The van der Waals surface area contributed by atoms with Crippen LogP contribution in [0.2, 0.25) is 0 Å². The summed E-state index contributed by atoms with van der Waals surface area (Å²) in [6.07, 6.45) is 5.27. The van der Waals surface area contributed by atoms with Crippen LogP contribution in [-0.2, 0) is 16.6 Å². The number of rotatable bonds is 9. The second kappa shape index (κ2) is 8.81. The maximum atomic E-state index is 12.2. The first-order valence-corrected chi connectivity index (χ1v) is 8.24. The minimum Gasteiger partial charge on any atom is -0.294 e. The second-order valence-electron chi connectivity index (χ2n) is 4.49. The van der Waals surface area contributed by atoms with Gasteiger partial charge >= 0.3 is 0 Å². The Hall–Kier alpha value is -1.22. The summed E-state index contributed by atoms with van der Waals surface area (Å²) in [7, 11) is -0.879. The summed E-state index contributed by atoms with van der Waals surface area (Å²) < 4.78 is 11.6. The molecule has 3 heteroatoms. The Kier molecular flexibility index (Phi) is 7.34. The molecule has 19 heavy (non-hydrogen) atoms. The van der Waals surface area contributed by atoms with E-state index in [1.54, 1.807) is 0 Å². The standard InChI is InChI=1S/C16H22O2S/c1-3-5-6-7-12-16(17)15-11-9-8-10-14(15)13-19(18)4-2/h3,8-11H,1,4-7,12-13H2,2H3. The fraction of sp³-hybridized carbons (Fsp3) is 0.438. The summed E-state index contributed by atoms with van der Waals surface area (Å²) >= 11 is 0. The molecule has 0 bridgehead atoms. The van der Waals surface area contributed by atoms with Gasteiger partial charge in [-0.3, -0.25) is 9.00 Å². The first-order valence-electron chi connectivity index (χ1n) is 6.76. The number of carbonyl (C=O) groups is 1. The summed E-state index contributed by atoms with van der Waals surface area (Å²) in [5.74, 6) is 1.26. The van der Waals surface area contributed by atoms with Gasteiger partial charge in [-0.15, -0.1) is 6.58 Å². The van der Waals surface area contributed by atoms with Crippen molar-refractivity contribution in [1.29, 1.82) is 0 Å². The third kappa shape index (κ3) is 5.52. The molecule has 0 radical (unpaired) electrons. The number of hydrogen-bond acceptors (Lipinski definition) is 2.